The van der Waals surface area contributed by atoms with E-state index in [4.69, 9.17) is 5.11 Å². The number of anilines is 1. The Morgan fingerprint density at radius 1 is 1.67 bits per heavy atom. The van der Waals surface area contributed by atoms with E-state index < -0.39 is 5.97 Å². The molecule has 0 unspecified atom stereocenters. The van der Waals surface area contributed by atoms with Crippen molar-refractivity contribution in [2.24, 2.45) is 5.92 Å². The molecule has 0 bridgehead atoms. The van der Waals surface area contributed by atoms with Crippen molar-refractivity contribution in [3.05, 3.63) is 15.9 Å². The lowest BCUT2D eigenvalue weighted by Crippen LogP contribution is -2.45. The Balaban J connectivity index is 1.94. The van der Waals surface area contributed by atoms with Gasteiger partial charge in [0.05, 0.1) is 10.9 Å². The summed E-state index contributed by atoms with van der Waals surface area (Å²) in [5.74, 6) is -0.798. The minimum atomic E-state index is -0.660. The zero-order valence-electron chi connectivity index (χ0n) is 8.31. The van der Waals surface area contributed by atoms with E-state index in [1.807, 2.05) is 12.4 Å². The van der Waals surface area contributed by atoms with Gasteiger partial charge in [-0.1, -0.05) is 0 Å². The monoisotopic (exact) mass is 289 g/mol. The van der Waals surface area contributed by atoms with Gasteiger partial charge in [-0.3, -0.25) is 4.79 Å². The number of hydrogen-bond donors (Lipinski definition) is 1. The summed E-state index contributed by atoms with van der Waals surface area (Å²) in [6.07, 6.45) is 1.53. The molecule has 82 valence electrons. The molecule has 3 nitrogen and oxygen atoms in total. The van der Waals surface area contributed by atoms with Crippen LogP contribution < -0.4 is 4.90 Å². The first-order valence-electron chi connectivity index (χ1n) is 4.77. The molecule has 2 rings (SSSR count). The van der Waals surface area contributed by atoms with Crippen LogP contribution in [0.4, 0.5) is 5.00 Å². The van der Waals surface area contributed by atoms with Crippen molar-refractivity contribution in [3.63, 3.8) is 0 Å². The summed E-state index contributed by atoms with van der Waals surface area (Å²) in [5.41, 5.74) is 0. The van der Waals surface area contributed by atoms with Crippen LogP contribution in [0.1, 0.15) is 12.8 Å². The molecule has 0 aromatic carbocycles. The lowest BCUT2D eigenvalue weighted by molar-refractivity contribution is -0.145. The third-order valence-corrected chi connectivity index (χ3v) is 4.69. The van der Waals surface area contributed by atoms with Crippen molar-refractivity contribution in [1.29, 1.82) is 0 Å². The molecule has 0 spiro atoms. The molecular weight excluding hydrogens is 278 g/mol. The summed E-state index contributed by atoms with van der Waals surface area (Å²) < 4.78 is 1.09. The number of hydrogen-bond acceptors (Lipinski definition) is 3. The number of nitrogens with zero attached hydrogens (tertiary/aromatic N) is 1. The van der Waals surface area contributed by atoms with Gasteiger partial charge in [-0.25, -0.2) is 0 Å². The maximum atomic E-state index is 10.7. The van der Waals surface area contributed by atoms with Crippen molar-refractivity contribution in [3.8, 4) is 0 Å². The molecule has 0 radical (unpaired) electrons. The Hall–Kier alpha value is -0.550. The van der Waals surface area contributed by atoms with Gasteiger partial charge in [-0.2, -0.15) is 0 Å². The molecule has 1 fully saturated rings. The predicted molar refractivity (Wildman–Crippen MR) is 64.6 cm³/mol. The van der Waals surface area contributed by atoms with Gasteiger partial charge in [-0.15, -0.1) is 11.3 Å². The highest BCUT2D eigenvalue weighted by Crippen LogP contribution is 2.37. The summed E-state index contributed by atoms with van der Waals surface area (Å²) >= 11 is 5.09. The van der Waals surface area contributed by atoms with Gasteiger partial charge in [0.2, 0.25) is 0 Å². The fraction of sp³-hybridized carbons (Fsp3) is 0.500. The number of carboxylic acid groups (broad SMARTS) is 1. The van der Waals surface area contributed by atoms with Crippen molar-refractivity contribution in [2.75, 3.05) is 11.9 Å². The smallest absolute Gasteiger partial charge is 0.306 e. The fourth-order valence-corrected chi connectivity index (χ4v) is 3.23. The van der Waals surface area contributed by atoms with Gasteiger partial charge in [0, 0.05) is 22.9 Å². The minimum Gasteiger partial charge on any atom is -0.481 e. The summed E-state index contributed by atoms with van der Waals surface area (Å²) in [4.78, 5) is 12.8. The predicted octanol–water partition coefficient (Wildman–Crippen LogP) is 2.81. The molecular formula is C10H12BrNO2S. The fourth-order valence-electron chi connectivity index (χ4n) is 1.77. The lowest BCUT2D eigenvalue weighted by atomic mass is 9.79. The minimum absolute atomic E-state index is 0.138. The second-order valence-electron chi connectivity index (χ2n) is 3.87. The maximum Gasteiger partial charge on any atom is 0.306 e. The molecule has 5 heteroatoms. The second kappa shape index (κ2) is 4.14. The molecule has 1 aromatic heterocycles. The molecule has 1 saturated carbocycles. The van der Waals surface area contributed by atoms with Crippen LogP contribution in [0.3, 0.4) is 0 Å². The largest absolute Gasteiger partial charge is 0.481 e. The Morgan fingerprint density at radius 3 is 2.80 bits per heavy atom. The van der Waals surface area contributed by atoms with Crippen molar-refractivity contribution < 1.29 is 9.90 Å². The van der Waals surface area contributed by atoms with Crippen molar-refractivity contribution >= 4 is 38.2 Å². The van der Waals surface area contributed by atoms with E-state index in [-0.39, 0.29) is 5.92 Å². The average Bonchev–Trinajstić information content (AvgIpc) is 2.48. The SMILES string of the molecule is CN(c1cc(Br)cs1)C1CC(C(=O)O)C1. The summed E-state index contributed by atoms with van der Waals surface area (Å²) in [5, 5.41) is 12.0. The first kappa shape index (κ1) is 11.0. The van der Waals surface area contributed by atoms with Crippen LogP contribution in [-0.4, -0.2) is 24.2 Å². The summed E-state index contributed by atoms with van der Waals surface area (Å²) in [7, 11) is 2.03. The first-order chi connectivity index (χ1) is 7.08. The van der Waals surface area contributed by atoms with Gasteiger partial charge >= 0.3 is 5.97 Å². The van der Waals surface area contributed by atoms with E-state index >= 15 is 0 Å². The molecule has 1 aliphatic carbocycles. The molecule has 0 aliphatic heterocycles. The van der Waals surface area contributed by atoms with Crippen LogP contribution in [0, 0.1) is 5.92 Å². The number of carboxylic acids is 1. The molecule has 15 heavy (non-hydrogen) atoms. The van der Waals surface area contributed by atoms with Gasteiger partial charge in [-0.05, 0) is 34.8 Å². The van der Waals surface area contributed by atoms with Gasteiger partial charge in [0.15, 0.2) is 0 Å². The number of thiophene rings is 1. The van der Waals surface area contributed by atoms with Crippen molar-refractivity contribution in [2.45, 2.75) is 18.9 Å². The molecule has 1 N–H and O–H groups in total. The lowest BCUT2D eigenvalue weighted by Gasteiger charge is -2.39. The summed E-state index contributed by atoms with van der Waals surface area (Å²) in [6.45, 7) is 0. The number of aliphatic carboxylic acids is 1. The van der Waals surface area contributed by atoms with E-state index in [1.54, 1.807) is 11.3 Å². The Bertz CT molecular complexity index is 373. The normalized spacial score (nSPS) is 24.7. The number of halogens is 1. The van der Waals surface area contributed by atoms with Crippen LogP contribution in [0.15, 0.2) is 15.9 Å². The highest BCUT2D eigenvalue weighted by atomic mass is 79.9. The molecule has 1 heterocycles. The average molecular weight is 290 g/mol. The molecule has 1 aromatic rings. The molecule has 1 aliphatic rings. The highest BCUT2D eigenvalue weighted by molar-refractivity contribution is 9.10. The first-order valence-corrected chi connectivity index (χ1v) is 6.45. The Labute approximate surface area is 101 Å². The van der Waals surface area contributed by atoms with Crippen LogP contribution >= 0.6 is 27.3 Å². The third kappa shape index (κ3) is 2.18. The number of rotatable bonds is 3. The summed E-state index contributed by atoms with van der Waals surface area (Å²) in [6, 6.07) is 2.45. The third-order valence-electron chi connectivity index (χ3n) is 2.91. The van der Waals surface area contributed by atoms with Crippen LogP contribution in [-0.2, 0) is 4.79 Å². The standard InChI is InChI=1S/C10H12BrNO2S/c1-12(9-4-7(11)5-15-9)8-2-6(3-8)10(13)14/h4-6,8H,2-3H2,1H3,(H,13,14). The maximum absolute atomic E-state index is 10.7. The molecule has 0 atom stereocenters. The van der Waals surface area contributed by atoms with E-state index in [9.17, 15) is 4.79 Å². The Kier molecular flexibility index (Phi) is 3.02. The highest BCUT2D eigenvalue weighted by Gasteiger charge is 2.37. The van der Waals surface area contributed by atoms with Crippen molar-refractivity contribution in [1.82, 2.24) is 0 Å². The van der Waals surface area contributed by atoms with E-state index in [2.05, 4.69) is 26.9 Å². The molecule has 0 amide bonds. The van der Waals surface area contributed by atoms with Gasteiger partial charge in [0.1, 0.15) is 0 Å². The van der Waals surface area contributed by atoms with E-state index in [0.717, 1.165) is 17.3 Å². The molecule has 0 saturated heterocycles. The van der Waals surface area contributed by atoms with Gasteiger partial charge < -0.3 is 10.0 Å². The zero-order chi connectivity index (χ0) is 11.0. The number of carbonyl (C=O) groups is 1. The Morgan fingerprint density at radius 2 is 2.33 bits per heavy atom. The zero-order valence-corrected chi connectivity index (χ0v) is 10.7. The van der Waals surface area contributed by atoms with Crippen LogP contribution in [0.25, 0.3) is 0 Å². The van der Waals surface area contributed by atoms with Crippen LogP contribution in [0.5, 0.6) is 0 Å². The topological polar surface area (TPSA) is 40.5 Å². The van der Waals surface area contributed by atoms with Crippen LogP contribution in [0.2, 0.25) is 0 Å². The van der Waals surface area contributed by atoms with E-state index in [0.29, 0.717) is 6.04 Å². The second-order valence-corrected chi connectivity index (χ2v) is 5.68. The van der Waals surface area contributed by atoms with Gasteiger partial charge in [0.25, 0.3) is 0 Å². The quantitative estimate of drug-likeness (QED) is 0.930. The van der Waals surface area contributed by atoms with E-state index in [1.165, 1.54) is 5.00 Å².